The minimum absolute atomic E-state index is 0.366. The van der Waals surface area contributed by atoms with Crippen molar-refractivity contribution in [2.24, 2.45) is 0 Å². The van der Waals surface area contributed by atoms with E-state index in [1.807, 2.05) is 25.1 Å². The average molecular weight is 342 g/mol. The van der Waals surface area contributed by atoms with Crippen LogP contribution in [0.2, 0.25) is 0 Å². The Morgan fingerprint density at radius 3 is 2.80 bits per heavy atom. The van der Waals surface area contributed by atoms with E-state index in [2.05, 4.69) is 10.5 Å². The standard InChI is InChI=1S/C19H22N2O4/c1-11-8-9-14(18-15-6-4-5-7-16(15)21-25-18)10-17(11)20-19(23)12(2)24-13(3)22/h8-10,12H,4-7H2,1-3H3,(H,20,23)/t12-/m0/s1. The van der Waals surface area contributed by atoms with E-state index in [4.69, 9.17) is 9.26 Å². The molecule has 0 saturated heterocycles. The van der Waals surface area contributed by atoms with E-state index in [1.54, 1.807) is 6.92 Å². The minimum Gasteiger partial charge on any atom is -0.453 e. The molecular formula is C19H22N2O4. The zero-order valence-electron chi connectivity index (χ0n) is 14.7. The Balaban J connectivity index is 1.85. The van der Waals surface area contributed by atoms with Gasteiger partial charge in [0.05, 0.1) is 5.69 Å². The van der Waals surface area contributed by atoms with Gasteiger partial charge in [0.1, 0.15) is 0 Å². The number of hydrogen-bond donors (Lipinski definition) is 1. The summed E-state index contributed by atoms with van der Waals surface area (Å²) >= 11 is 0. The van der Waals surface area contributed by atoms with Crippen molar-refractivity contribution in [1.82, 2.24) is 5.16 Å². The summed E-state index contributed by atoms with van der Waals surface area (Å²) in [7, 11) is 0. The Morgan fingerprint density at radius 1 is 1.28 bits per heavy atom. The summed E-state index contributed by atoms with van der Waals surface area (Å²) in [4.78, 5) is 23.2. The molecule has 1 heterocycles. The molecule has 1 aromatic carbocycles. The number of rotatable bonds is 4. The number of carbonyl (C=O) groups is 2. The number of aryl methyl sites for hydroxylation is 2. The van der Waals surface area contributed by atoms with Gasteiger partial charge in [-0.25, -0.2) is 0 Å². The third kappa shape index (κ3) is 3.73. The third-order valence-corrected chi connectivity index (χ3v) is 4.43. The quantitative estimate of drug-likeness (QED) is 0.861. The van der Waals surface area contributed by atoms with E-state index in [0.717, 1.165) is 48.3 Å². The molecule has 1 aliphatic carbocycles. The summed E-state index contributed by atoms with van der Waals surface area (Å²) in [6.45, 7) is 4.73. The van der Waals surface area contributed by atoms with E-state index in [-0.39, 0.29) is 5.91 Å². The topological polar surface area (TPSA) is 81.4 Å². The summed E-state index contributed by atoms with van der Waals surface area (Å²) in [5.41, 5.74) is 4.68. The number of nitrogens with one attached hydrogen (secondary N) is 1. The van der Waals surface area contributed by atoms with Gasteiger partial charge < -0.3 is 14.6 Å². The van der Waals surface area contributed by atoms with E-state index >= 15 is 0 Å². The fourth-order valence-electron chi connectivity index (χ4n) is 3.05. The largest absolute Gasteiger partial charge is 0.453 e. The first-order valence-electron chi connectivity index (χ1n) is 8.52. The molecule has 1 atom stereocenters. The molecule has 1 N–H and O–H groups in total. The first kappa shape index (κ1) is 17.2. The molecule has 25 heavy (non-hydrogen) atoms. The number of aromatic nitrogens is 1. The number of anilines is 1. The normalized spacial score (nSPS) is 14.5. The second-order valence-corrected chi connectivity index (χ2v) is 6.41. The lowest BCUT2D eigenvalue weighted by Crippen LogP contribution is -2.29. The average Bonchev–Trinajstić information content (AvgIpc) is 3.00. The highest BCUT2D eigenvalue weighted by Gasteiger charge is 2.22. The molecule has 6 heteroatoms. The van der Waals surface area contributed by atoms with Crippen molar-refractivity contribution in [1.29, 1.82) is 0 Å². The van der Waals surface area contributed by atoms with E-state index in [9.17, 15) is 9.59 Å². The SMILES string of the molecule is CC(=O)O[C@@H](C)C(=O)Nc1cc(-c2onc3c2CCCC3)ccc1C. The molecular weight excluding hydrogens is 320 g/mol. The molecule has 1 aromatic heterocycles. The summed E-state index contributed by atoms with van der Waals surface area (Å²) in [5, 5.41) is 7.01. The lowest BCUT2D eigenvalue weighted by Gasteiger charge is -2.15. The smallest absolute Gasteiger partial charge is 0.303 e. The van der Waals surface area contributed by atoms with Gasteiger partial charge in [-0.05, 0) is 51.2 Å². The summed E-state index contributed by atoms with van der Waals surface area (Å²) < 4.78 is 10.5. The van der Waals surface area contributed by atoms with Crippen LogP contribution in [0, 0.1) is 6.92 Å². The molecule has 132 valence electrons. The van der Waals surface area contributed by atoms with Crippen molar-refractivity contribution in [3.8, 4) is 11.3 Å². The highest BCUT2D eigenvalue weighted by Crippen LogP contribution is 2.33. The summed E-state index contributed by atoms with van der Waals surface area (Å²) in [5.74, 6) is -0.0744. The van der Waals surface area contributed by atoms with Crippen LogP contribution in [0.25, 0.3) is 11.3 Å². The molecule has 0 fully saturated rings. The highest BCUT2D eigenvalue weighted by molar-refractivity contribution is 5.96. The van der Waals surface area contributed by atoms with E-state index in [0.29, 0.717) is 5.69 Å². The van der Waals surface area contributed by atoms with Gasteiger partial charge in [0.2, 0.25) is 0 Å². The van der Waals surface area contributed by atoms with Crippen LogP contribution in [-0.4, -0.2) is 23.1 Å². The van der Waals surface area contributed by atoms with Gasteiger partial charge >= 0.3 is 5.97 Å². The molecule has 0 unspecified atom stereocenters. The Kier molecular flexibility index (Phi) is 4.88. The molecule has 0 bridgehead atoms. The first-order valence-corrected chi connectivity index (χ1v) is 8.52. The first-order chi connectivity index (χ1) is 12.0. The Bertz CT molecular complexity index is 810. The van der Waals surface area contributed by atoms with E-state index in [1.165, 1.54) is 12.5 Å². The zero-order valence-corrected chi connectivity index (χ0v) is 14.7. The van der Waals surface area contributed by atoms with Gasteiger partial charge in [-0.2, -0.15) is 0 Å². The van der Waals surface area contributed by atoms with Crippen LogP contribution in [0.5, 0.6) is 0 Å². The second kappa shape index (κ2) is 7.09. The fourth-order valence-corrected chi connectivity index (χ4v) is 3.05. The maximum Gasteiger partial charge on any atom is 0.303 e. The van der Waals surface area contributed by atoms with Crippen LogP contribution in [-0.2, 0) is 27.2 Å². The summed E-state index contributed by atoms with van der Waals surface area (Å²) in [6, 6.07) is 5.78. The number of fused-ring (bicyclic) bond motifs is 1. The minimum atomic E-state index is -0.849. The lowest BCUT2D eigenvalue weighted by molar-refractivity contribution is -0.150. The van der Waals surface area contributed by atoms with Gasteiger partial charge in [0.15, 0.2) is 11.9 Å². The maximum absolute atomic E-state index is 12.2. The molecule has 2 aromatic rings. The molecule has 0 spiro atoms. The third-order valence-electron chi connectivity index (χ3n) is 4.43. The van der Waals surface area contributed by atoms with Crippen molar-refractivity contribution in [2.75, 3.05) is 5.32 Å². The Labute approximate surface area is 146 Å². The van der Waals surface area contributed by atoms with Crippen molar-refractivity contribution in [2.45, 2.75) is 52.6 Å². The maximum atomic E-state index is 12.2. The predicted molar refractivity (Wildman–Crippen MR) is 93.2 cm³/mol. The van der Waals surface area contributed by atoms with Crippen LogP contribution in [0.4, 0.5) is 5.69 Å². The predicted octanol–water partition coefficient (Wildman–Crippen LogP) is 3.42. The van der Waals surface area contributed by atoms with Crippen molar-refractivity contribution in [3.05, 3.63) is 35.0 Å². The van der Waals surface area contributed by atoms with Gasteiger partial charge in [0.25, 0.3) is 5.91 Å². The van der Waals surface area contributed by atoms with Crippen LogP contribution in [0.1, 0.15) is 43.5 Å². The molecule has 3 rings (SSSR count). The molecule has 1 amide bonds. The molecule has 0 aliphatic heterocycles. The van der Waals surface area contributed by atoms with Crippen LogP contribution < -0.4 is 5.32 Å². The van der Waals surface area contributed by atoms with Crippen LogP contribution in [0.15, 0.2) is 22.7 Å². The summed E-state index contributed by atoms with van der Waals surface area (Å²) in [6.07, 6.45) is 3.35. The number of esters is 1. The van der Waals surface area contributed by atoms with Crippen molar-refractivity contribution in [3.63, 3.8) is 0 Å². The van der Waals surface area contributed by atoms with Gasteiger partial charge in [-0.3, -0.25) is 9.59 Å². The van der Waals surface area contributed by atoms with Gasteiger partial charge in [0, 0.05) is 23.7 Å². The van der Waals surface area contributed by atoms with Crippen molar-refractivity contribution < 1.29 is 18.8 Å². The molecule has 0 saturated carbocycles. The number of carbonyl (C=O) groups excluding carboxylic acids is 2. The Morgan fingerprint density at radius 2 is 2.04 bits per heavy atom. The highest BCUT2D eigenvalue weighted by atomic mass is 16.5. The fraction of sp³-hybridized carbons (Fsp3) is 0.421. The van der Waals surface area contributed by atoms with Gasteiger partial charge in [-0.1, -0.05) is 17.3 Å². The zero-order chi connectivity index (χ0) is 18.0. The number of nitrogens with zero attached hydrogens (tertiary/aromatic N) is 1. The van der Waals surface area contributed by atoms with E-state index < -0.39 is 12.1 Å². The number of amides is 1. The second-order valence-electron chi connectivity index (χ2n) is 6.41. The number of ether oxygens (including phenoxy) is 1. The Hall–Kier alpha value is -2.63. The number of hydrogen-bond acceptors (Lipinski definition) is 5. The molecule has 1 aliphatic rings. The monoisotopic (exact) mass is 342 g/mol. The van der Waals surface area contributed by atoms with Crippen LogP contribution >= 0.6 is 0 Å². The lowest BCUT2D eigenvalue weighted by atomic mass is 9.93. The molecule has 0 radical (unpaired) electrons. The van der Waals surface area contributed by atoms with Crippen molar-refractivity contribution >= 4 is 17.6 Å². The van der Waals surface area contributed by atoms with Gasteiger partial charge in [-0.15, -0.1) is 0 Å². The molecule has 6 nitrogen and oxygen atoms in total. The number of benzene rings is 1. The van der Waals surface area contributed by atoms with Crippen LogP contribution in [0.3, 0.4) is 0 Å².